The molecule has 4 aromatic carbocycles. The number of hydrogen-bond acceptors (Lipinski definition) is 4. The highest BCUT2D eigenvalue weighted by Crippen LogP contribution is 2.40. The predicted molar refractivity (Wildman–Crippen MR) is 147 cm³/mol. The van der Waals surface area contributed by atoms with Crippen molar-refractivity contribution in [1.82, 2.24) is 4.98 Å². The SMILES string of the molecule is Cc1cc(C)cc(C(=Nc2cccc(-c3cccc(C(=O)O)c3)c2O)c2c(O)[nH]c3cc(C(F)(F)F)ccc23)c1. The van der Waals surface area contributed by atoms with E-state index in [0.29, 0.717) is 22.1 Å². The Bertz CT molecular complexity index is 1800. The summed E-state index contributed by atoms with van der Waals surface area (Å²) in [6, 6.07) is 19.6. The van der Waals surface area contributed by atoms with E-state index in [0.717, 1.165) is 23.3 Å². The van der Waals surface area contributed by atoms with Crippen molar-refractivity contribution < 1.29 is 33.3 Å². The number of nitrogens with zero attached hydrogens (tertiary/aromatic N) is 1. The van der Waals surface area contributed by atoms with E-state index in [1.54, 1.807) is 30.3 Å². The van der Waals surface area contributed by atoms with Crippen LogP contribution in [0.4, 0.5) is 18.9 Å². The second-order valence-electron chi connectivity index (χ2n) is 9.50. The lowest BCUT2D eigenvalue weighted by molar-refractivity contribution is -0.137. The highest BCUT2D eigenvalue weighted by Gasteiger charge is 2.31. The van der Waals surface area contributed by atoms with Gasteiger partial charge in [0.2, 0.25) is 0 Å². The van der Waals surface area contributed by atoms with E-state index in [9.17, 15) is 33.3 Å². The number of aromatic amines is 1. The number of aryl methyl sites for hydroxylation is 2. The minimum atomic E-state index is -4.57. The third-order valence-electron chi connectivity index (χ3n) is 6.51. The number of fused-ring (bicyclic) bond motifs is 1. The number of carbonyl (C=O) groups is 1. The summed E-state index contributed by atoms with van der Waals surface area (Å²) in [4.78, 5) is 18.8. The maximum Gasteiger partial charge on any atom is 0.416 e. The van der Waals surface area contributed by atoms with Crippen LogP contribution in [0.25, 0.3) is 22.0 Å². The smallest absolute Gasteiger partial charge is 0.416 e. The zero-order valence-electron chi connectivity index (χ0n) is 21.3. The van der Waals surface area contributed by atoms with Crippen molar-refractivity contribution in [3.05, 3.63) is 112 Å². The van der Waals surface area contributed by atoms with Crippen molar-refractivity contribution in [1.29, 1.82) is 0 Å². The molecule has 0 radical (unpaired) electrons. The van der Waals surface area contributed by atoms with E-state index in [1.165, 1.54) is 18.2 Å². The number of nitrogens with one attached hydrogen (secondary N) is 1. The molecule has 40 heavy (non-hydrogen) atoms. The normalized spacial score (nSPS) is 12.2. The molecule has 1 heterocycles. The Morgan fingerprint density at radius 3 is 2.23 bits per heavy atom. The number of halogens is 3. The van der Waals surface area contributed by atoms with Gasteiger partial charge in [-0.15, -0.1) is 0 Å². The summed E-state index contributed by atoms with van der Waals surface area (Å²) < 4.78 is 40.1. The van der Waals surface area contributed by atoms with E-state index < -0.39 is 17.7 Å². The van der Waals surface area contributed by atoms with Crippen LogP contribution < -0.4 is 0 Å². The minimum Gasteiger partial charge on any atom is -0.505 e. The average Bonchev–Trinajstić information content (AvgIpc) is 3.21. The van der Waals surface area contributed by atoms with E-state index in [-0.39, 0.29) is 39.7 Å². The Labute approximate surface area is 226 Å². The van der Waals surface area contributed by atoms with Crippen molar-refractivity contribution in [2.45, 2.75) is 20.0 Å². The zero-order valence-corrected chi connectivity index (χ0v) is 21.3. The Morgan fingerprint density at radius 2 is 1.55 bits per heavy atom. The molecule has 9 heteroatoms. The lowest BCUT2D eigenvalue weighted by atomic mass is 9.96. The number of rotatable bonds is 5. The molecule has 0 bridgehead atoms. The molecule has 0 aliphatic carbocycles. The average molecular weight is 545 g/mol. The van der Waals surface area contributed by atoms with E-state index >= 15 is 0 Å². The second kappa shape index (κ2) is 9.92. The van der Waals surface area contributed by atoms with Gasteiger partial charge in [0.15, 0.2) is 5.88 Å². The van der Waals surface area contributed by atoms with Crippen molar-refractivity contribution in [2.75, 3.05) is 0 Å². The summed E-state index contributed by atoms with van der Waals surface area (Å²) in [7, 11) is 0. The third-order valence-corrected chi connectivity index (χ3v) is 6.51. The van der Waals surface area contributed by atoms with Crippen molar-refractivity contribution in [3.8, 4) is 22.8 Å². The molecule has 0 amide bonds. The number of alkyl halides is 3. The fraction of sp³-hybridized carbons (Fsp3) is 0.0968. The topological polar surface area (TPSA) is 106 Å². The summed E-state index contributed by atoms with van der Waals surface area (Å²) in [6.07, 6.45) is -4.57. The largest absolute Gasteiger partial charge is 0.505 e. The van der Waals surface area contributed by atoms with Crippen LogP contribution >= 0.6 is 0 Å². The number of para-hydroxylation sites is 1. The molecule has 0 aliphatic heterocycles. The first-order valence-electron chi connectivity index (χ1n) is 12.2. The molecule has 6 nitrogen and oxygen atoms in total. The number of phenols is 1. The van der Waals surface area contributed by atoms with Gasteiger partial charge >= 0.3 is 12.1 Å². The molecular formula is C31H23F3N2O4. The van der Waals surface area contributed by atoms with Gasteiger partial charge in [0.25, 0.3) is 0 Å². The molecule has 0 unspecified atom stereocenters. The Morgan fingerprint density at radius 1 is 0.850 bits per heavy atom. The standard InChI is InChI=1S/C31H23F3N2O4/c1-16-11-17(2)13-20(12-16)27(26-23-10-9-21(31(32,33)34)15-25(23)36-29(26)38)35-24-8-4-7-22(28(24)37)18-5-3-6-19(14-18)30(39)40/h3-15,36-38H,1-2H3,(H,39,40). The fourth-order valence-corrected chi connectivity index (χ4v) is 4.77. The number of hydrogen-bond donors (Lipinski definition) is 4. The maximum atomic E-state index is 13.4. The molecule has 1 aromatic heterocycles. The van der Waals surface area contributed by atoms with Crippen LogP contribution in [0.5, 0.6) is 11.6 Å². The number of carboxylic acid groups (broad SMARTS) is 1. The summed E-state index contributed by atoms with van der Waals surface area (Å²) in [6.45, 7) is 3.76. The number of phenolic OH excluding ortho intramolecular Hbond substituents is 1. The van der Waals surface area contributed by atoms with E-state index in [1.807, 2.05) is 32.0 Å². The summed E-state index contributed by atoms with van der Waals surface area (Å²) in [5.41, 5.74) is 2.92. The number of aliphatic imine (C=N–C) groups is 1. The number of H-pyrrole nitrogens is 1. The number of benzene rings is 4. The molecule has 5 rings (SSSR count). The van der Waals surface area contributed by atoms with E-state index in [4.69, 9.17) is 4.99 Å². The quantitative estimate of drug-likeness (QED) is 0.170. The predicted octanol–water partition coefficient (Wildman–Crippen LogP) is 7.75. The van der Waals surface area contributed by atoms with Crippen LogP contribution in [-0.2, 0) is 6.18 Å². The van der Waals surface area contributed by atoms with Crippen molar-refractivity contribution in [2.24, 2.45) is 4.99 Å². The molecule has 4 N–H and O–H groups in total. The second-order valence-corrected chi connectivity index (χ2v) is 9.50. The molecule has 0 fully saturated rings. The molecule has 202 valence electrons. The Kier molecular flexibility index (Phi) is 6.59. The van der Waals surface area contributed by atoms with Gasteiger partial charge in [-0.05, 0) is 61.9 Å². The van der Waals surface area contributed by atoms with Gasteiger partial charge in [0, 0.05) is 22.0 Å². The molecule has 5 aromatic rings. The maximum absolute atomic E-state index is 13.4. The van der Waals surface area contributed by atoms with Gasteiger partial charge < -0.3 is 20.3 Å². The molecule has 0 spiro atoms. The first kappa shape index (κ1) is 26.6. The minimum absolute atomic E-state index is 0.0451. The fourth-order valence-electron chi connectivity index (χ4n) is 4.77. The highest BCUT2D eigenvalue weighted by atomic mass is 19.4. The van der Waals surface area contributed by atoms with Crippen molar-refractivity contribution >= 4 is 28.3 Å². The van der Waals surface area contributed by atoms with Gasteiger partial charge in [-0.25, -0.2) is 9.79 Å². The number of aromatic hydroxyl groups is 2. The van der Waals surface area contributed by atoms with Crippen LogP contribution in [-0.4, -0.2) is 32.0 Å². The first-order valence-corrected chi connectivity index (χ1v) is 12.2. The highest BCUT2D eigenvalue weighted by molar-refractivity contribution is 6.22. The first-order chi connectivity index (χ1) is 18.9. The molecular weight excluding hydrogens is 521 g/mol. The summed E-state index contributed by atoms with van der Waals surface area (Å²) >= 11 is 0. The summed E-state index contributed by atoms with van der Waals surface area (Å²) in [5, 5.41) is 31.8. The lowest BCUT2D eigenvalue weighted by Gasteiger charge is -2.13. The lowest BCUT2D eigenvalue weighted by Crippen LogP contribution is -2.05. The summed E-state index contributed by atoms with van der Waals surface area (Å²) in [5.74, 6) is -1.72. The Balaban J connectivity index is 1.75. The number of carboxylic acids is 1. The van der Waals surface area contributed by atoms with Crippen LogP contribution in [0.1, 0.15) is 38.2 Å². The van der Waals surface area contributed by atoms with Crippen molar-refractivity contribution in [3.63, 3.8) is 0 Å². The molecule has 0 saturated carbocycles. The third kappa shape index (κ3) is 5.01. The van der Waals surface area contributed by atoms with E-state index in [2.05, 4.69) is 4.98 Å². The van der Waals surface area contributed by atoms with Crippen LogP contribution in [0, 0.1) is 13.8 Å². The zero-order chi connectivity index (χ0) is 28.8. The van der Waals surface area contributed by atoms with Gasteiger partial charge in [0.05, 0.1) is 22.4 Å². The monoisotopic (exact) mass is 544 g/mol. The number of aromatic carboxylic acids is 1. The molecule has 0 saturated heterocycles. The van der Waals surface area contributed by atoms with Gasteiger partial charge in [-0.1, -0.05) is 47.5 Å². The van der Waals surface area contributed by atoms with Gasteiger partial charge in [-0.3, -0.25) is 0 Å². The molecule has 0 aliphatic rings. The van der Waals surface area contributed by atoms with Gasteiger partial charge in [0.1, 0.15) is 11.4 Å². The van der Waals surface area contributed by atoms with Crippen LogP contribution in [0.3, 0.4) is 0 Å². The molecule has 0 atom stereocenters. The Hall–Kier alpha value is -5.05. The number of aromatic nitrogens is 1. The van der Waals surface area contributed by atoms with Gasteiger partial charge in [-0.2, -0.15) is 13.2 Å². The van der Waals surface area contributed by atoms with Crippen LogP contribution in [0.2, 0.25) is 0 Å². The van der Waals surface area contributed by atoms with Crippen LogP contribution in [0.15, 0.2) is 83.9 Å².